The molecule has 0 saturated carbocycles. The highest BCUT2D eigenvalue weighted by atomic mass is 16.8. The summed E-state index contributed by atoms with van der Waals surface area (Å²) >= 11 is 0. The zero-order valence-corrected chi connectivity index (χ0v) is 42.5. The lowest BCUT2D eigenvalue weighted by Crippen LogP contribution is -2.68. The number of carbonyl (C=O) groups is 3. The summed E-state index contributed by atoms with van der Waals surface area (Å²) in [5.74, 6) is -2.38. The molecule has 0 aromatic heterocycles. The summed E-state index contributed by atoms with van der Waals surface area (Å²) in [6.07, 6.45) is -18.3. The van der Waals surface area contributed by atoms with Crippen molar-refractivity contribution >= 4 is 17.9 Å². The minimum atomic E-state index is -1.86. The zero-order valence-electron chi connectivity index (χ0n) is 42.5. The van der Waals surface area contributed by atoms with Crippen LogP contribution in [0.1, 0.15) is 139 Å². The largest absolute Gasteiger partial charge is 0.456 e. The van der Waals surface area contributed by atoms with E-state index in [0.29, 0.717) is 19.3 Å². The van der Waals surface area contributed by atoms with Gasteiger partial charge in [-0.1, -0.05) is 76.9 Å². The van der Waals surface area contributed by atoms with Crippen molar-refractivity contribution in [1.82, 2.24) is 0 Å². The van der Waals surface area contributed by atoms with E-state index in [1.54, 1.807) is 20.8 Å². The number of unbranched alkanes of at least 4 members (excludes halogenated alkanes) is 2. The molecular weight excluding hydrogens is 937 g/mol. The summed E-state index contributed by atoms with van der Waals surface area (Å²) < 4.78 is 67.6. The predicted molar refractivity (Wildman–Crippen MR) is 248 cm³/mol. The van der Waals surface area contributed by atoms with Crippen molar-refractivity contribution in [3.8, 4) is 0 Å². The first-order chi connectivity index (χ1) is 33.8. The van der Waals surface area contributed by atoms with Crippen LogP contribution in [-0.4, -0.2) is 189 Å². The number of aliphatic hydroxyl groups is 7. The summed E-state index contributed by atoms with van der Waals surface area (Å²) in [6.45, 7) is 12.0. The standard InChI is InChI=1S/C50H82O21/c1-9-12-18-21-30-22-19-16-14-13-15-17-20-23-32(52)66-41-34(54)31(24-51)65-50(70-42-35(55)33(53)27(6)61-48(42)64-30)44(41)71-49-43(68-46(60)26(5)11-3)38(58)40(29(8)63-49)69-47-37(57)36(56)39(28(7)62-47)67-45(59)25(4)10-2/h10-11,27-31,33-44,47-51,53-58H,9,12-24H2,1-8H3/b25-10-,26-11+/t27-,28-,29+,30+,31-,33-,34-,35+,36-,37-,38-,39+,40+,41+,42-,43-,44-,47+,48+,49+,50+/m1/s1. The third kappa shape index (κ3) is 15.4. The highest BCUT2D eigenvalue weighted by Crippen LogP contribution is 2.38. The number of ether oxygens (including phenoxy) is 11. The van der Waals surface area contributed by atoms with Crippen LogP contribution in [0.5, 0.6) is 0 Å². The quantitative estimate of drug-likeness (QED) is 0.0603. The molecule has 5 fully saturated rings. The lowest BCUT2D eigenvalue weighted by atomic mass is 9.95. The summed E-state index contributed by atoms with van der Waals surface area (Å²) in [4.78, 5) is 39.8. The van der Waals surface area contributed by atoms with E-state index in [1.165, 1.54) is 39.8 Å². The van der Waals surface area contributed by atoms with Gasteiger partial charge in [-0.2, -0.15) is 0 Å². The molecule has 7 N–H and O–H groups in total. The SMILES string of the molecule is C/C=C(/C)C(=O)O[C@@H]1[C@H](O)[C@@H](O)[C@H](O[C@@H]2[C@@H](O)[C@@H](OC(=O)/C(C)=C/C)[C@H](O[C@H]3[C@@H]4O[C@H]5[C@H](O[C@@H](CCCCC)CCCCCCCCCC(=O)O[C@H]3[C@H](O)[C@@H](CO)O4)O[C@H](C)[C@@H](O)[C@@H]5O)O[C@H]2C)O[C@@H]1C. The maximum Gasteiger partial charge on any atom is 0.333 e. The van der Waals surface area contributed by atoms with Crippen LogP contribution in [0.15, 0.2) is 23.3 Å². The lowest BCUT2D eigenvalue weighted by molar-refractivity contribution is -0.399. The number of carbonyl (C=O) groups excluding carboxylic acids is 3. The maximum absolute atomic E-state index is 13.7. The maximum atomic E-state index is 13.7. The van der Waals surface area contributed by atoms with Gasteiger partial charge in [-0.15, -0.1) is 0 Å². The molecule has 5 aliphatic rings. The Morgan fingerprint density at radius 1 is 0.592 bits per heavy atom. The van der Waals surface area contributed by atoms with Crippen molar-refractivity contribution in [2.75, 3.05) is 6.61 Å². The van der Waals surface area contributed by atoms with E-state index in [9.17, 15) is 50.1 Å². The first kappa shape index (κ1) is 59.2. The monoisotopic (exact) mass is 1020 g/mol. The van der Waals surface area contributed by atoms with Crippen molar-refractivity contribution < 1.29 is 102 Å². The first-order valence-corrected chi connectivity index (χ1v) is 25.7. The number of hydrogen-bond donors (Lipinski definition) is 7. The number of aliphatic hydroxyl groups excluding tert-OH is 7. The van der Waals surface area contributed by atoms with E-state index in [0.717, 1.165) is 57.8 Å². The molecule has 5 aliphatic heterocycles. The molecule has 21 nitrogen and oxygen atoms in total. The second kappa shape index (κ2) is 28.3. The van der Waals surface area contributed by atoms with Crippen molar-refractivity contribution in [2.24, 2.45) is 0 Å². The molecule has 0 aromatic rings. The predicted octanol–water partition coefficient (Wildman–Crippen LogP) is 2.42. The number of hydrogen-bond acceptors (Lipinski definition) is 21. The first-order valence-electron chi connectivity index (χ1n) is 25.7. The van der Waals surface area contributed by atoms with E-state index in [4.69, 9.17) is 52.1 Å². The minimum absolute atomic E-state index is 0.0424. The average Bonchev–Trinajstić information content (AvgIpc) is 3.34. The normalized spacial score (nSPS) is 41.8. The van der Waals surface area contributed by atoms with Gasteiger partial charge < -0.3 is 87.9 Å². The molecule has 21 heteroatoms. The van der Waals surface area contributed by atoms with Crippen LogP contribution in [0, 0.1) is 0 Å². The summed E-state index contributed by atoms with van der Waals surface area (Å²) in [5.41, 5.74) is 0.377. The Morgan fingerprint density at radius 2 is 1.18 bits per heavy atom. The Balaban J connectivity index is 1.51. The molecule has 0 amide bonds. The molecule has 0 radical (unpaired) electrons. The molecule has 71 heavy (non-hydrogen) atoms. The number of allylic oxidation sites excluding steroid dienone is 2. The molecule has 21 atom stereocenters. The van der Waals surface area contributed by atoms with E-state index >= 15 is 0 Å². The molecule has 408 valence electrons. The summed E-state index contributed by atoms with van der Waals surface area (Å²) in [7, 11) is 0. The van der Waals surface area contributed by atoms with Crippen molar-refractivity contribution in [3.05, 3.63) is 23.3 Å². The Hall–Kier alpha value is -2.71. The van der Waals surface area contributed by atoms with Crippen LogP contribution in [-0.2, 0) is 66.5 Å². The van der Waals surface area contributed by atoms with E-state index < -0.39 is 147 Å². The average molecular weight is 1020 g/mol. The molecule has 0 unspecified atom stereocenters. The summed E-state index contributed by atoms with van der Waals surface area (Å²) in [5, 5.41) is 79.7. The third-order valence-corrected chi connectivity index (χ3v) is 14.1. The van der Waals surface area contributed by atoms with Gasteiger partial charge in [0.1, 0.15) is 54.9 Å². The lowest BCUT2D eigenvalue weighted by Gasteiger charge is -2.50. The van der Waals surface area contributed by atoms with Crippen LogP contribution in [0.25, 0.3) is 0 Å². The van der Waals surface area contributed by atoms with E-state index in [1.807, 2.05) is 0 Å². The van der Waals surface area contributed by atoms with Crippen LogP contribution in [0.2, 0.25) is 0 Å². The van der Waals surface area contributed by atoms with Crippen LogP contribution in [0.3, 0.4) is 0 Å². The minimum Gasteiger partial charge on any atom is -0.456 e. The molecule has 2 bridgehead atoms. The second-order valence-corrected chi connectivity index (χ2v) is 19.5. The van der Waals surface area contributed by atoms with Gasteiger partial charge in [-0.3, -0.25) is 4.79 Å². The van der Waals surface area contributed by atoms with Gasteiger partial charge >= 0.3 is 17.9 Å². The molecule has 5 heterocycles. The number of fused-ring (bicyclic) bond motifs is 3. The number of rotatable bonds is 13. The Kier molecular flexibility index (Phi) is 23.6. The second-order valence-electron chi connectivity index (χ2n) is 19.5. The number of esters is 3. The molecule has 0 aliphatic carbocycles. The molecule has 0 spiro atoms. The van der Waals surface area contributed by atoms with Crippen molar-refractivity contribution in [3.63, 3.8) is 0 Å². The molecular formula is C50H82O21. The Labute approximate surface area is 417 Å². The Morgan fingerprint density at radius 3 is 1.82 bits per heavy atom. The van der Waals surface area contributed by atoms with Crippen LogP contribution < -0.4 is 0 Å². The van der Waals surface area contributed by atoms with Crippen LogP contribution in [0.4, 0.5) is 0 Å². The van der Waals surface area contributed by atoms with Gasteiger partial charge in [0.2, 0.25) is 0 Å². The van der Waals surface area contributed by atoms with Crippen molar-refractivity contribution in [2.45, 2.75) is 268 Å². The Bertz CT molecular complexity index is 1730. The van der Waals surface area contributed by atoms with Gasteiger partial charge in [0.15, 0.2) is 49.6 Å². The zero-order chi connectivity index (χ0) is 52.1. The topological polar surface area (TPSA) is 294 Å². The third-order valence-electron chi connectivity index (χ3n) is 14.1. The van der Waals surface area contributed by atoms with Gasteiger partial charge in [-0.05, 0) is 67.7 Å². The summed E-state index contributed by atoms with van der Waals surface area (Å²) in [6, 6.07) is 0. The highest BCUT2D eigenvalue weighted by molar-refractivity contribution is 5.88. The van der Waals surface area contributed by atoms with E-state index in [-0.39, 0.29) is 23.7 Å². The molecule has 5 rings (SSSR count). The molecule has 5 saturated heterocycles. The van der Waals surface area contributed by atoms with E-state index in [2.05, 4.69) is 6.92 Å². The molecule has 0 aromatic carbocycles. The van der Waals surface area contributed by atoms with Gasteiger partial charge in [0, 0.05) is 17.6 Å². The fourth-order valence-corrected chi connectivity index (χ4v) is 9.35. The highest BCUT2D eigenvalue weighted by Gasteiger charge is 2.57. The fraction of sp³-hybridized carbons (Fsp3) is 0.860. The van der Waals surface area contributed by atoms with Gasteiger partial charge in [-0.25, -0.2) is 9.59 Å². The van der Waals surface area contributed by atoms with Gasteiger partial charge in [0.25, 0.3) is 0 Å². The van der Waals surface area contributed by atoms with Crippen LogP contribution >= 0.6 is 0 Å². The fourth-order valence-electron chi connectivity index (χ4n) is 9.35. The van der Waals surface area contributed by atoms with Crippen molar-refractivity contribution in [1.29, 1.82) is 0 Å². The van der Waals surface area contributed by atoms with Gasteiger partial charge in [0.05, 0.1) is 31.0 Å². The smallest absolute Gasteiger partial charge is 0.333 e.